The predicted octanol–water partition coefficient (Wildman–Crippen LogP) is 4.10. The van der Waals surface area contributed by atoms with Crippen molar-refractivity contribution < 1.29 is 4.74 Å². The molecule has 112 valence electrons. The zero-order valence-electron chi connectivity index (χ0n) is 12.9. The molecule has 0 radical (unpaired) electrons. The molecule has 0 aromatic heterocycles. The fraction of sp³-hybridized carbons (Fsp3) is 0.158. The van der Waals surface area contributed by atoms with Gasteiger partial charge < -0.3 is 9.64 Å². The molecule has 1 aliphatic heterocycles. The van der Waals surface area contributed by atoms with E-state index >= 15 is 0 Å². The summed E-state index contributed by atoms with van der Waals surface area (Å²) >= 11 is 0. The summed E-state index contributed by atoms with van der Waals surface area (Å²) in [7, 11) is 4.08. The number of benzene rings is 2. The average molecular weight is 292 g/mol. The third-order valence-electron chi connectivity index (χ3n) is 3.75. The molecule has 0 fully saturated rings. The van der Waals surface area contributed by atoms with Crippen molar-refractivity contribution in [3.63, 3.8) is 0 Å². The SMILES string of the molecule is C=CC1OC=C(c2ccc(N(C)C)cc2)N1c1ccccc1. The lowest BCUT2D eigenvalue weighted by Gasteiger charge is -2.26. The molecule has 0 spiro atoms. The van der Waals surface area contributed by atoms with Crippen molar-refractivity contribution in [3.05, 3.63) is 79.1 Å². The fourth-order valence-electron chi connectivity index (χ4n) is 2.56. The smallest absolute Gasteiger partial charge is 0.195 e. The van der Waals surface area contributed by atoms with Crippen molar-refractivity contribution in [3.8, 4) is 0 Å². The molecule has 1 atom stereocenters. The normalized spacial score (nSPS) is 16.9. The van der Waals surface area contributed by atoms with E-state index in [2.05, 4.69) is 52.8 Å². The number of hydrogen-bond acceptors (Lipinski definition) is 3. The standard InChI is InChI=1S/C19H20N2O/c1-4-19-21(17-8-6-5-7-9-17)18(14-22-19)15-10-12-16(13-11-15)20(2)3/h4-14,19H,1H2,2-3H3. The summed E-state index contributed by atoms with van der Waals surface area (Å²) in [6.45, 7) is 3.88. The van der Waals surface area contributed by atoms with Crippen LogP contribution in [-0.4, -0.2) is 20.3 Å². The van der Waals surface area contributed by atoms with E-state index < -0.39 is 0 Å². The minimum atomic E-state index is -0.175. The van der Waals surface area contributed by atoms with Crippen LogP contribution in [0.15, 0.2) is 73.5 Å². The highest BCUT2D eigenvalue weighted by atomic mass is 16.5. The number of anilines is 2. The van der Waals surface area contributed by atoms with Gasteiger partial charge in [-0.25, -0.2) is 0 Å². The van der Waals surface area contributed by atoms with Gasteiger partial charge >= 0.3 is 0 Å². The molecule has 3 nitrogen and oxygen atoms in total. The quantitative estimate of drug-likeness (QED) is 0.789. The molecule has 0 saturated heterocycles. The van der Waals surface area contributed by atoms with Crippen molar-refractivity contribution in [2.45, 2.75) is 6.23 Å². The van der Waals surface area contributed by atoms with E-state index in [1.807, 2.05) is 44.6 Å². The molecule has 2 aromatic carbocycles. The van der Waals surface area contributed by atoms with Gasteiger partial charge in [0.1, 0.15) is 6.26 Å². The van der Waals surface area contributed by atoms with Crippen LogP contribution in [0.4, 0.5) is 11.4 Å². The van der Waals surface area contributed by atoms with Gasteiger partial charge in [-0.2, -0.15) is 0 Å². The first-order chi connectivity index (χ1) is 10.7. The molecule has 0 amide bonds. The molecule has 0 N–H and O–H groups in total. The molecule has 2 aromatic rings. The number of rotatable bonds is 4. The van der Waals surface area contributed by atoms with Crippen molar-refractivity contribution in [2.75, 3.05) is 23.9 Å². The Balaban J connectivity index is 1.96. The zero-order chi connectivity index (χ0) is 15.5. The second-order valence-electron chi connectivity index (χ2n) is 5.41. The molecule has 1 unspecified atom stereocenters. The van der Waals surface area contributed by atoms with Crippen LogP contribution >= 0.6 is 0 Å². The molecule has 1 heterocycles. The van der Waals surface area contributed by atoms with Crippen LogP contribution in [-0.2, 0) is 4.74 Å². The Morgan fingerprint density at radius 2 is 1.73 bits per heavy atom. The van der Waals surface area contributed by atoms with Gasteiger partial charge in [0.15, 0.2) is 6.23 Å². The van der Waals surface area contributed by atoms with E-state index in [0.29, 0.717) is 0 Å². The van der Waals surface area contributed by atoms with Gasteiger partial charge in [-0.15, -0.1) is 0 Å². The summed E-state index contributed by atoms with van der Waals surface area (Å²) in [5.74, 6) is 0. The first-order valence-corrected chi connectivity index (χ1v) is 7.31. The molecule has 1 aliphatic rings. The highest BCUT2D eigenvalue weighted by Gasteiger charge is 2.27. The number of para-hydroxylation sites is 1. The summed E-state index contributed by atoms with van der Waals surface area (Å²) in [5, 5.41) is 0. The van der Waals surface area contributed by atoms with Gasteiger partial charge in [0.2, 0.25) is 0 Å². The third kappa shape index (κ3) is 2.58. The molecule has 0 aliphatic carbocycles. The Kier molecular flexibility index (Phi) is 3.88. The second-order valence-corrected chi connectivity index (χ2v) is 5.41. The number of hydrogen-bond donors (Lipinski definition) is 0. The van der Waals surface area contributed by atoms with Crippen molar-refractivity contribution in [2.24, 2.45) is 0 Å². The van der Waals surface area contributed by atoms with Gasteiger partial charge in [-0.1, -0.05) is 36.9 Å². The lowest BCUT2D eigenvalue weighted by Crippen LogP contribution is -2.28. The van der Waals surface area contributed by atoms with Gasteiger partial charge in [0.25, 0.3) is 0 Å². The fourth-order valence-corrected chi connectivity index (χ4v) is 2.56. The summed E-state index contributed by atoms with van der Waals surface area (Å²) in [4.78, 5) is 4.24. The molecule has 3 rings (SSSR count). The van der Waals surface area contributed by atoms with E-state index in [4.69, 9.17) is 4.74 Å². The van der Waals surface area contributed by atoms with E-state index in [9.17, 15) is 0 Å². The summed E-state index contributed by atoms with van der Waals surface area (Å²) < 4.78 is 5.75. The summed E-state index contributed by atoms with van der Waals surface area (Å²) in [5.41, 5.74) is 4.43. The minimum Gasteiger partial charge on any atom is -0.472 e. The zero-order valence-corrected chi connectivity index (χ0v) is 12.9. The Morgan fingerprint density at radius 1 is 1.05 bits per heavy atom. The molecule has 0 bridgehead atoms. The first kappa shape index (κ1) is 14.3. The predicted molar refractivity (Wildman–Crippen MR) is 92.7 cm³/mol. The van der Waals surface area contributed by atoms with Crippen LogP contribution in [0, 0.1) is 0 Å². The van der Waals surface area contributed by atoms with Gasteiger partial charge in [0.05, 0.1) is 5.70 Å². The molecule has 3 heteroatoms. The van der Waals surface area contributed by atoms with Gasteiger partial charge in [-0.3, -0.25) is 4.90 Å². The highest BCUT2D eigenvalue weighted by molar-refractivity contribution is 5.81. The van der Waals surface area contributed by atoms with E-state index in [-0.39, 0.29) is 6.23 Å². The first-order valence-electron chi connectivity index (χ1n) is 7.31. The van der Waals surface area contributed by atoms with Crippen LogP contribution in [0.25, 0.3) is 5.70 Å². The van der Waals surface area contributed by atoms with Crippen molar-refractivity contribution in [1.82, 2.24) is 0 Å². The van der Waals surface area contributed by atoms with Crippen LogP contribution in [0.3, 0.4) is 0 Å². The maximum Gasteiger partial charge on any atom is 0.195 e. The van der Waals surface area contributed by atoms with Crippen LogP contribution < -0.4 is 9.80 Å². The largest absolute Gasteiger partial charge is 0.472 e. The summed E-state index contributed by atoms with van der Waals surface area (Å²) in [6, 6.07) is 18.7. The topological polar surface area (TPSA) is 15.7 Å². The number of ether oxygens (including phenoxy) is 1. The highest BCUT2D eigenvalue weighted by Crippen LogP contribution is 2.34. The Hall–Kier alpha value is -2.68. The van der Waals surface area contributed by atoms with E-state index in [1.54, 1.807) is 0 Å². The monoisotopic (exact) mass is 292 g/mol. The lowest BCUT2D eigenvalue weighted by molar-refractivity contribution is 0.216. The minimum absolute atomic E-state index is 0.175. The average Bonchev–Trinajstić information content (AvgIpc) is 2.99. The van der Waals surface area contributed by atoms with Gasteiger partial charge in [-0.05, 0) is 30.3 Å². The maximum absolute atomic E-state index is 5.75. The lowest BCUT2D eigenvalue weighted by atomic mass is 10.1. The molecular weight excluding hydrogens is 272 g/mol. The Bertz CT molecular complexity index is 674. The van der Waals surface area contributed by atoms with Crippen LogP contribution in [0.2, 0.25) is 0 Å². The van der Waals surface area contributed by atoms with E-state index in [0.717, 1.165) is 16.9 Å². The molecular formula is C19H20N2O. The Labute approximate surface area is 131 Å². The summed E-state index contributed by atoms with van der Waals surface area (Å²) in [6.07, 6.45) is 3.44. The van der Waals surface area contributed by atoms with Crippen molar-refractivity contribution in [1.29, 1.82) is 0 Å². The molecule has 0 saturated carbocycles. The van der Waals surface area contributed by atoms with Gasteiger partial charge in [0, 0.05) is 31.0 Å². The second kappa shape index (κ2) is 5.98. The van der Waals surface area contributed by atoms with Crippen molar-refractivity contribution >= 4 is 17.1 Å². The van der Waals surface area contributed by atoms with Crippen LogP contribution in [0.5, 0.6) is 0 Å². The van der Waals surface area contributed by atoms with Crippen LogP contribution in [0.1, 0.15) is 5.56 Å². The maximum atomic E-state index is 5.75. The van der Waals surface area contributed by atoms with E-state index in [1.165, 1.54) is 5.69 Å². The Morgan fingerprint density at radius 3 is 2.32 bits per heavy atom. The third-order valence-corrected chi connectivity index (χ3v) is 3.75. The molecule has 22 heavy (non-hydrogen) atoms. The number of nitrogens with zero attached hydrogens (tertiary/aromatic N) is 2.